The maximum Gasteiger partial charge on any atom is 0.336 e. The number of rotatable bonds is 4. The molecule has 1 unspecified atom stereocenters. The zero-order valence-electron chi connectivity index (χ0n) is 14.0. The summed E-state index contributed by atoms with van der Waals surface area (Å²) in [5, 5.41) is 4.20. The Balaban J connectivity index is 1.91. The van der Waals surface area contributed by atoms with E-state index in [0.717, 1.165) is 22.1 Å². The summed E-state index contributed by atoms with van der Waals surface area (Å²) in [5.74, 6) is -0.235. The summed E-state index contributed by atoms with van der Waals surface area (Å²) in [6, 6.07) is 11.9. The Morgan fingerprint density at radius 1 is 1.12 bits per heavy atom. The number of halogens is 1. The van der Waals surface area contributed by atoms with Crippen molar-refractivity contribution in [2.24, 2.45) is 0 Å². The molecule has 0 radical (unpaired) electrons. The molecule has 0 fully saturated rings. The molecule has 1 heterocycles. The largest absolute Gasteiger partial charge is 0.423 e. The zero-order valence-corrected chi connectivity index (χ0v) is 14.0. The molecular weight excluding hydrogens is 305 g/mol. The minimum absolute atomic E-state index is 0.167. The van der Waals surface area contributed by atoms with Crippen LogP contribution in [0.2, 0.25) is 0 Å². The van der Waals surface area contributed by atoms with Crippen LogP contribution >= 0.6 is 0 Å². The van der Waals surface area contributed by atoms with Crippen LogP contribution in [0, 0.1) is 19.7 Å². The van der Waals surface area contributed by atoms with Crippen molar-refractivity contribution < 1.29 is 8.81 Å². The highest BCUT2D eigenvalue weighted by Crippen LogP contribution is 2.23. The Bertz CT molecular complexity index is 946. The summed E-state index contributed by atoms with van der Waals surface area (Å²) in [5.41, 5.74) is 3.89. The summed E-state index contributed by atoms with van der Waals surface area (Å²) >= 11 is 0. The van der Waals surface area contributed by atoms with E-state index >= 15 is 0 Å². The molecule has 4 heteroatoms. The van der Waals surface area contributed by atoms with Gasteiger partial charge in [-0.1, -0.05) is 18.2 Å². The summed E-state index contributed by atoms with van der Waals surface area (Å²) in [6.45, 7) is 6.38. The first-order valence-corrected chi connectivity index (χ1v) is 7.97. The number of fused-ring (bicyclic) bond motifs is 1. The number of aryl methyl sites for hydroxylation is 2. The predicted octanol–water partition coefficient (Wildman–Crippen LogP) is 4.40. The summed E-state index contributed by atoms with van der Waals surface area (Å²) in [4.78, 5) is 11.8. The van der Waals surface area contributed by atoms with Gasteiger partial charge in [0.25, 0.3) is 0 Å². The molecule has 0 aliphatic heterocycles. The van der Waals surface area contributed by atoms with Gasteiger partial charge in [0, 0.05) is 29.6 Å². The SMILES string of the molecule is Cc1cc2oc(=O)cc(CNC(C)c3ccccc3F)c2cc1C. The minimum Gasteiger partial charge on any atom is -0.423 e. The van der Waals surface area contributed by atoms with E-state index in [4.69, 9.17) is 4.42 Å². The molecule has 0 bridgehead atoms. The van der Waals surface area contributed by atoms with Crippen LogP contribution in [0.5, 0.6) is 0 Å². The lowest BCUT2D eigenvalue weighted by Gasteiger charge is -2.16. The van der Waals surface area contributed by atoms with Crippen molar-refractivity contribution in [2.45, 2.75) is 33.4 Å². The molecule has 0 amide bonds. The minimum atomic E-state index is -0.374. The van der Waals surface area contributed by atoms with Gasteiger partial charge >= 0.3 is 5.63 Å². The van der Waals surface area contributed by atoms with Gasteiger partial charge in [-0.05, 0) is 55.7 Å². The third-order valence-electron chi connectivity index (χ3n) is 4.41. The Labute approximate surface area is 140 Å². The first-order chi connectivity index (χ1) is 11.5. The Morgan fingerprint density at radius 3 is 2.58 bits per heavy atom. The number of hydrogen-bond donors (Lipinski definition) is 1. The molecule has 0 saturated heterocycles. The van der Waals surface area contributed by atoms with E-state index in [-0.39, 0.29) is 17.5 Å². The average Bonchev–Trinajstić information content (AvgIpc) is 2.54. The Kier molecular flexibility index (Phi) is 4.49. The Hall–Kier alpha value is -2.46. The first-order valence-electron chi connectivity index (χ1n) is 7.97. The number of benzene rings is 2. The smallest absolute Gasteiger partial charge is 0.336 e. The molecule has 0 aliphatic carbocycles. The van der Waals surface area contributed by atoms with Gasteiger partial charge in [-0.3, -0.25) is 0 Å². The fourth-order valence-electron chi connectivity index (χ4n) is 2.83. The van der Waals surface area contributed by atoms with Gasteiger partial charge in [0.15, 0.2) is 0 Å². The van der Waals surface area contributed by atoms with E-state index in [9.17, 15) is 9.18 Å². The second-order valence-corrected chi connectivity index (χ2v) is 6.15. The van der Waals surface area contributed by atoms with Gasteiger partial charge in [0.2, 0.25) is 0 Å². The van der Waals surface area contributed by atoms with Crippen molar-refractivity contribution in [1.82, 2.24) is 5.32 Å². The molecule has 0 aliphatic rings. The first kappa shape index (κ1) is 16.4. The standard InChI is InChI=1S/C20H20FNO2/c1-12-8-17-15(10-20(23)24-19(17)9-13(12)2)11-22-14(3)16-6-4-5-7-18(16)21/h4-10,14,22H,11H2,1-3H3. The van der Waals surface area contributed by atoms with Gasteiger partial charge in [-0.15, -0.1) is 0 Å². The van der Waals surface area contributed by atoms with E-state index in [0.29, 0.717) is 17.7 Å². The van der Waals surface area contributed by atoms with E-state index in [1.165, 1.54) is 12.1 Å². The van der Waals surface area contributed by atoms with Crippen molar-refractivity contribution in [1.29, 1.82) is 0 Å². The number of nitrogens with one attached hydrogen (secondary N) is 1. The molecule has 1 aromatic heterocycles. The van der Waals surface area contributed by atoms with E-state index in [2.05, 4.69) is 5.32 Å². The summed E-state index contributed by atoms with van der Waals surface area (Å²) < 4.78 is 19.2. The van der Waals surface area contributed by atoms with Crippen LogP contribution in [0.1, 0.15) is 35.2 Å². The van der Waals surface area contributed by atoms with Gasteiger partial charge in [-0.2, -0.15) is 0 Å². The van der Waals surface area contributed by atoms with Crippen molar-refractivity contribution in [3.05, 3.63) is 81.0 Å². The molecule has 24 heavy (non-hydrogen) atoms. The molecule has 1 atom stereocenters. The third-order valence-corrected chi connectivity index (χ3v) is 4.41. The maximum absolute atomic E-state index is 13.9. The molecular formula is C20H20FNO2. The summed E-state index contributed by atoms with van der Waals surface area (Å²) in [6.07, 6.45) is 0. The highest BCUT2D eigenvalue weighted by atomic mass is 19.1. The monoisotopic (exact) mass is 325 g/mol. The van der Waals surface area contributed by atoms with Crippen molar-refractivity contribution in [2.75, 3.05) is 0 Å². The highest BCUT2D eigenvalue weighted by Gasteiger charge is 2.12. The van der Waals surface area contributed by atoms with Gasteiger partial charge < -0.3 is 9.73 Å². The fourth-order valence-corrected chi connectivity index (χ4v) is 2.83. The molecule has 3 aromatic rings. The topological polar surface area (TPSA) is 42.2 Å². The summed E-state index contributed by atoms with van der Waals surface area (Å²) in [7, 11) is 0. The predicted molar refractivity (Wildman–Crippen MR) is 93.6 cm³/mol. The van der Waals surface area contributed by atoms with Crippen LogP contribution in [0.4, 0.5) is 4.39 Å². The van der Waals surface area contributed by atoms with Crippen molar-refractivity contribution in [3.63, 3.8) is 0 Å². The average molecular weight is 325 g/mol. The third kappa shape index (κ3) is 3.24. The van der Waals surface area contributed by atoms with Crippen molar-refractivity contribution in [3.8, 4) is 0 Å². The number of hydrogen-bond acceptors (Lipinski definition) is 3. The lowest BCUT2D eigenvalue weighted by Crippen LogP contribution is -2.20. The molecule has 2 aromatic carbocycles. The fraction of sp³-hybridized carbons (Fsp3) is 0.250. The second kappa shape index (κ2) is 6.57. The molecule has 124 valence electrons. The zero-order chi connectivity index (χ0) is 17.3. The van der Waals surface area contributed by atoms with E-state index in [1.54, 1.807) is 12.1 Å². The molecule has 0 saturated carbocycles. The normalized spacial score (nSPS) is 12.5. The van der Waals surface area contributed by atoms with Crippen molar-refractivity contribution >= 4 is 11.0 Å². The second-order valence-electron chi connectivity index (χ2n) is 6.15. The molecule has 3 rings (SSSR count). The highest BCUT2D eigenvalue weighted by molar-refractivity contribution is 5.81. The van der Waals surface area contributed by atoms with Gasteiger partial charge in [-0.25, -0.2) is 9.18 Å². The molecule has 0 spiro atoms. The molecule has 1 N–H and O–H groups in total. The van der Waals surface area contributed by atoms with Gasteiger partial charge in [0.05, 0.1) is 0 Å². The van der Waals surface area contributed by atoms with Crippen LogP contribution in [0.3, 0.4) is 0 Å². The maximum atomic E-state index is 13.9. The molecule has 3 nitrogen and oxygen atoms in total. The van der Waals surface area contributed by atoms with Crippen LogP contribution in [0.25, 0.3) is 11.0 Å². The van der Waals surface area contributed by atoms with E-state index in [1.807, 2.05) is 39.0 Å². The van der Waals surface area contributed by atoms with E-state index < -0.39 is 0 Å². The lowest BCUT2D eigenvalue weighted by atomic mass is 10.0. The Morgan fingerprint density at radius 2 is 1.83 bits per heavy atom. The van der Waals surface area contributed by atoms with Crippen LogP contribution < -0.4 is 10.9 Å². The van der Waals surface area contributed by atoms with Crippen LogP contribution in [-0.4, -0.2) is 0 Å². The lowest BCUT2D eigenvalue weighted by molar-refractivity contribution is 0.523. The van der Waals surface area contributed by atoms with Crippen LogP contribution in [0.15, 0.2) is 51.7 Å². The van der Waals surface area contributed by atoms with Crippen LogP contribution in [-0.2, 0) is 6.54 Å². The van der Waals surface area contributed by atoms with Gasteiger partial charge in [0.1, 0.15) is 11.4 Å². The quantitative estimate of drug-likeness (QED) is 0.723.